The third-order valence-corrected chi connectivity index (χ3v) is 4.58. The second kappa shape index (κ2) is 4.29. The molecule has 1 N–H and O–H groups in total. The van der Waals surface area contributed by atoms with E-state index in [1.807, 2.05) is 0 Å². The summed E-state index contributed by atoms with van der Waals surface area (Å²) >= 11 is 3.49. The highest BCUT2D eigenvalue weighted by Crippen LogP contribution is 2.29. The van der Waals surface area contributed by atoms with Crippen LogP contribution in [-0.4, -0.2) is 18.4 Å². The maximum atomic E-state index is 4.70. The Bertz CT molecular complexity index is 634. The van der Waals surface area contributed by atoms with E-state index in [9.17, 15) is 0 Å². The molecule has 3 atom stereocenters. The molecule has 4 rings (SSSR count). The summed E-state index contributed by atoms with van der Waals surface area (Å²) in [4.78, 5) is 6.28. The van der Waals surface area contributed by atoms with Crippen LogP contribution in [0.2, 0.25) is 0 Å². The minimum absolute atomic E-state index is 0.559. The van der Waals surface area contributed by atoms with Crippen LogP contribution in [-0.2, 0) is 0 Å². The van der Waals surface area contributed by atoms with Gasteiger partial charge in [-0.05, 0) is 12.1 Å². The number of fused-ring (bicyclic) bond motifs is 1. The predicted molar refractivity (Wildman–Crippen MR) is 79.5 cm³/mol. The fourth-order valence-electron chi connectivity index (χ4n) is 3.08. The van der Waals surface area contributed by atoms with Gasteiger partial charge in [-0.15, -0.1) is 0 Å². The Morgan fingerprint density at radius 3 is 2.42 bits per heavy atom. The van der Waals surface area contributed by atoms with Crippen LogP contribution in [0, 0.1) is 0 Å². The molecule has 0 saturated carbocycles. The summed E-state index contributed by atoms with van der Waals surface area (Å²) in [5.41, 5.74) is 3.98. The number of halogens is 1. The zero-order chi connectivity index (χ0) is 12.8. The first kappa shape index (κ1) is 11.4. The van der Waals surface area contributed by atoms with Crippen molar-refractivity contribution in [3.8, 4) is 0 Å². The lowest BCUT2D eigenvalue weighted by Gasteiger charge is -2.00. The van der Waals surface area contributed by atoms with E-state index in [0.717, 1.165) is 11.1 Å². The number of nitrogens with one attached hydrogen (secondary N) is 1. The second-order valence-electron chi connectivity index (χ2n) is 5.15. The number of hydrogen-bond acceptors (Lipinski definition) is 1. The van der Waals surface area contributed by atoms with E-state index in [-0.39, 0.29) is 0 Å². The average molecular weight is 314 g/mol. The van der Waals surface area contributed by atoms with Crippen molar-refractivity contribution in [2.75, 3.05) is 6.67 Å². The molecule has 3 heteroatoms. The molecule has 0 aliphatic carbocycles. The van der Waals surface area contributed by atoms with Gasteiger partial charge in [0.15, 0.2) is 18.8 Å². The predicted octanol–water partition coefficient (Wildman–Crippen LogP) is 2.22. The van der Waals surface area contributed by atoms with Gasteiger partial charge in [0.1, 0.15) is 5.71 Å². The van der Waals surface area contributed by atoms with E-state index in [1.54, 1.807) is 4.90 Å². The van der Waals surface area contributed by atoms with E-state index in [4.69, 9.17) is 4.99 Å². The lowest BCUT2D eigenvalue weighted by atomic mass is 10.0. The Morgan fingerprint density at radius 2 is 1.68 bits per heavy atom. The molecule has 0 amide bonds. The van der Waals surface area contributed by atoms with Gasteiger partial charge < -0.3 is 0 Å². The van der Waals surface area contributed by atoms with Gasteiger partial charge in [-0.3, -0.25) is 4.90 Å². The Balaban J connectivity index is 1.62. The lowest BCUT2D eigenvalue weighted by Crippen LogP contribution is -2.93. The number of rotatable bonds is 2. The highest BCUT2D eigenvalue weighted by molar-refractivity contribution is 9.10. The summed E-state index contributed by atoms with van der Waals surface area (Å²) in [5.74, 6) is 0. The maximum Gasteiger partial charge on any atom is 0.190 e. The van der Waals surface area contributed by atoms with Gasteiger partial charge in [0.2, 0.25) is 0 Å². The molecule has 0 aromatic heterocycles. The van der Waals surface area contributed by atoms with Crippen LogP contribution in [0.15, 0.2) is 64.1 Å². The molecule has 2 aromatic carbocycles. The number of aliphatic imine (C=N–C) groups is 1. The third kappa shape index (κ3) is 1.85. The Kier molecular flexibility index (Phi) is 2.57. The third-order valence-electron chi connectivity index (χ3n) is 4.05. The fourth-order valence-corrected chi connectivity index (χ4v) is 3.34. The maximum absolute atomic E-state index is 4.70. The van der Waals surface area contributed by atoms with E-state index >= 15 is 0 Å². The van der Waals surface area contributed by atoms with Gasteiger partial charge in [0.05, 0.1) is 0 Å². The number of hydrogen-bond donors (Lipinski definition) is 1. The van der Waals surface area contributed by atoms with Gasteiger partial charge in [-0.25, -0.2) is 4.99 Å². The number of nitrogens with zero attached hydrogens (tertiary/aromatic N) is 1. The smallest absolute Gasteiger partial charge is 0.190 e. The van der Waals surface area contributed by atoms with Crippen molar-refractivity contribution >= 4 is 21.6 Å². The minimum Gasteiger partial charge on any atom is -0.292 e. The van der Waals surface area contributed by atoms with E-state index < -0.39 is 0 Å². The summed E-state index contributed by atoms with van der Waals surface area (Å²) in [7, 11) is 0. The van der Waals surface area contributed by atoms with Gasteiger partial charge in [-0.1, -0.05) is 58.4 Å². The fraction of sp³-hybridized carbons (Fsp3) is 0.188. The molecule has 94 valence electrons. The van der Waals surface area contributed by atoms with Crippen LogP contribution in [0.3, 0.4) is 0 Å². The van der Waals surface area contributed by atoms with Gasteiger partial charge in [-0.2, -0.15) is 0 Å². The largest absolute Gasteiger partial charge is 0.292 e. The zero-order valence-electron chi connectivity index (χ0n) is 10.4. The van der Waals surface area contributed by atoms with Crippen molar-refractivity contribution in [1.82, 2.24) is 0 Å². The number of benzene rings is 2. The Hall–Kier alpha value is -1.45. The van der Waals surface area contributed by atoms with E-state index in [0.29, 0.717) is 12.1 Å². The molecule has 2 nitrogen and oxygen atoms in total. The van der Waals surface area contributed by atoms with Crippen molar-refractivity contribution in [2.45, 2.75) is 12.1 Å². The first-order valence-electron chi connectivity index (χ1n) is 6.55. The molecule has 2 aliphatic rings. The highest BCUT2D eigenvalue weighted by atomic mass is 79.9. The summed E-state index contributed by atoms with van der Waals surface area (Å²) in [6.07, 6.45) is 0. The first-order chi connectivity index (χ1) is 9.34. The van der Waals surface area contributed by atoms with Gasteiger partial charge >= 0.3 is 0 Å². The summed E-state index contributed by atoms with van der Waals surface area (Å²) in [6, 6.07) is 20.4. The molecule has 2 aromatic rings. The summed E-state index contributed by atoms with van der Waals surface area (Å²) in [5, 5.41) is 0. The van der Waals surface area contributed by atoms with Crippen LogP contribution >= 0.6 is 15.9 Å². The van der Waals surface area contributed by atoms with Crippen molar-refractivity contribution in [3.05, 3.63) is 70.2 Å². The molecule has 1 saturated heterocycles. The SMILES string of the molecule is Brc1ccc([C@@H]2[C@@H]3C(c4ccccc4)=NC[NH+]23)cc1. The molecular formula is C16H14BrN2+. The molecular weight excluding hydrogens is 300 g/mol. The van der Waals surface area contributed by atoms with Crippen LogP contribution < -0.4 is 4.90 Å². The summed E-state index contributed by atoms with van der Waals surface area (Å²) in [6.45, 7) is 0.912. The summed E-state index contributed by atoms with van der Waals surface area (Å²) < 4.78 is 1.14. The van der Waals surface area contributed by atoms with Crippen LogP contribution in [0.25, 0.3) is 0 Å². The van der Waals surface area contributed by atoms with E-state index in [1.165, 1.54) is 16.8 Å². The standard InChI is InChI=1S/C16H13BrN2/c17-13-8-6-12(7-9-13)15-16-14(18-10-19(15)16)11-4-2-1-3-5-11/h1-9,15-16H,10H2/p+1/t15-,16+,19?/m1/s1. The van der Waals surface area contributed by atoms with E-state index in [2.05, 4.69) is 70.5 Å². The average Bonchev–Trinajstić information content (AvgIpc) is 3.00. The molecule has 2 aliphatic heterocycles. The van der Waals surface area contributed by atoms with Crippen LogP contribution in [0.1, 0.15) is 17.2 Å². The second-order valence-corrected chi connectivity index (χ2v) is 6.06. The molecule has 0 spiro atoms. The topological polar surface area (TPSA) is 16.8 Å². The lowest BCUT2D eigenvalue weighted by molar-refractivity contribution is -0.780. The van der Waals surface area contributed by atoms with Crippen molar-refractivity contribution < 1.29 is 4.90 Å². The van der Waals surface area contributed by atoms with Gasteiger partial charge in [0.25, 0.3) is 0 Å². The number of quaternary nitrogens is 1. The van der Waals surface area contributed by atoms with Crippen LogP contribution in [0.5, 0.6) is 0 Å². The Labute approximate surface area is 120 Å². The monoisotopic (exact) mass is 313 g/mol. The Morgan fingerprint density at radius 1 is 0.947 bits per heavy atom. The highest BCUT2D eigenvalue weighted by Gasteiger charge is 2.61. The zero-order valence-corrected chi connectivity index (χ0v) is 12.0. The van der Waals surface area contributed by atoms with Crippen molar-refractivity contribution in [3.63, 3.8) is 0 Å². The molecule has 2 heterocycles. The quantitative estimate of drug-likeness (QED) is 0.819. The van der Waals surface area contributed by atoms with Crippen molar-refractivity contribution in [2.24, 2.45) is 4.99 Å². The minimum atomic E-state index is 0.559. The first-order valence-corrected chi connectivity index (χ1v) is 7.35. The molecule has 0 bridgehead atoms. The molecule has 1 unspecified atom stereocenters. The normalized spacial score (nSPS) is 27.8. The van der Waals surface area contributed by atoms with Crippen molar-refractivity contribution in [1.29, 1.82) is 0 Å². The van der Waals surface area contributed by atoms with Gasteiger partial charge in [0, 0.05) is 15.6 Å². The van der Waals surface area contributed by atoms with Crippen LogP contribution in [0.4, 0.5) is 0 Å². The molecule has 19 heavy (non-hydrogen) atoms. The molecule has 0 radical (unpaired) electrons. The molecule has 1 fully saturated rings.